The molecule has 230 valence electrons. The molecule has 4 rings (SSSR count). The van der Waals surface area contributed by atoms with E-state index in [4.69, 9.17) is 20.7 Å². The summed E-state index contributed by atoms with van der Waals surface area (Å²) in [6, 6.07) is 22.0. The number of nitrogens with zero attached hydrogens (tertiary/aromatic N) is 2. The summed E-state index contributed by atoms with van der Waals surface area (Å²) in [7, 11) is 0. The SMILES string of the molecule is Fc1ccc(C(OCCN2CCN(/C=C/Cc3ccccc3)CC2)c2ccc(F)cc2)cc1.N[C@@H](CCC(=O)O)C(=O)O. The van der Waals surface area contributed by atoms with E-state index >= 15 is 0 Å². The van der Waals surface area contributed by atoms with E-state index in [0.29, 0.717) is 6.61 Å². The summed E-state index contributed by atoms with van der Waals surface area (Å²) < 4.78 is 33.0. The monoisotopic (exact) mass is 595 g/mol. The summed E-state index contributed by atoms with van der Waals surface area (Å²) in [5, 5.41) is 16.3. The van der Waals surface area contributed by atoms with Crippen molar-refractivity contribution in [3.8, 4) is 0 Å². The second-order valence-electron chi connectivity index (χ2n) is 10.2. The lowest BCUT2D eigenvalue weighted by Gasteiger charge is -2.34. The standard InChI is InChI=1S/C28H30F2N2O.C5H9NO4/c29-26-12-8-24(9-13-26)28(25-10-14-27(30)15-11-25)33-22-21-32-19-17-31(18-20-32)16-4-7-23-5-2-1-3-6-23;6-3(5(9)10)1-2-4(7)8/h1-6,8-16,28H,7,17-22H2;3H,1-2,6H2,(H,7,8)(H,9,10)/b16-4+;/t;3-/m.0/s1. The Hall–Kier alpha value is -4.12. The highest BCUT2D eigenvalue weighted by Crippen LogP contribution is 2.26. The lowest BCUT2D eigenvalue weighted by Crippen LogP contribution is -2.45. The molecule has 0 saturated carbocycles. The van der Waals surface area contributed by atoms with E-state index in [1.54, 1.807) is 24.3 Å². The van der Waals surface area contributed by atoms with Crippen LogP contribution in [0.2, 0.25) is 0 Å². The van der Waals surface area contributed by atoms with Gasteiger partial charge in [-0.2, -0.15) is 0 Å². The summed E-state index contributed by atoms with van der Waals surface area (Å²) in [6.07, 6.45) is 4.80. The zero-order valence-corrected chi connectivity index (χ0v) is 24.0. The lowest BCUT2D eigenvalue weighted by molar-refractivity contribution is -0.139. The van der Waals surface area contributed by atoms with Crippen molar-refractivity contribution in [1.82, 2.24) is 9.80 Å². The van der Waals surface area contributed by atoms with Crippen LogP contribution in [-0.2, 0) is 20.7 Å². The van der Waals surface area contributed by atoms with Crippen LogP contribution in [0, 0.1) is 11.6 Å². The van der Waals surface area contributed by atoms with Gasteiger partial charge < -0.3 is 25.6 Å². The number of hydrogen-bond donors (Lipinski definition) is 3. The third kappa shape index (κ3) is 12.3. The van der Waals surface area contributed by atoms with Gasteiger partial charge in [0.2, 0.25) is 0 Å². The highest BCUT2D eigenvalue weighted by atomic mass is 19.1. The molecule has 43 heavy (non-hydrogen) atoms. The van der Waals surface area contributed by atoms with Crippen LogP contribution < -0.4 is 5.73 Å². The molecular weight excluding hydrogens is 556 g/mol. The van der Waals surface area contributed by atoms with Gasteiger partial charge in [0.25, 0.3) is 0 Å². The van der Waals surface area contributed by atoms with Crippen molar-refractivity contribution < 1.29 is 33.3 Å². The third-order valence-corrected chi connectivity index (χ3v) is 6.94. The first-order chi connectivity index (χ1) is 20.7. The first-order valence-electron chi connectivity index (χ1n) is 14.2. The number of carbonyl (C=O) groups is 2. The van der Waals surface area contributed by atoms with Crippen molar-refractivity contribution in [3.63, 3.8) is 0 Å². The number of aliphatic carboxylic acids is 2. The van der Waals surface area contributed by atoms with Crippen molar-refractivity contribution in [2.45, 2.75) is 31.4 Å². The van der Waals surface area contributed by atoms with E-state index in [2.05, 4.69) is 46.3 Å². The summed E-state index contributed by atoms with van der Waals surface area (Å²) in [6.45, 7) is 5.31. The van der Waals surface area contributed by atoms with E-state index in [1.807, 2.05) is 6.07 Å². The van der Waals surface area contributed by atoms with Gasteiger partial charge in [-0.05, 0) is 60.0 Å². The first-order valence-corrected chi connectivity index (χ1v) is 14.2. The maximum absolute atomic E-state index is 13.4. The Kier molecular flexibility index (Phi) is 13.8. The molecule has 0 bridgehead atoms. The van der Waals surface area contributed by atoms with E-state index in [1.165, 1.54) is 29.8 Å². The van der Waals surface area contributed by atoms with E-state index in [0.717, 1.165) is 50.3 Å². The highest BCUT2D eigenvalue weighted by molar-refractivity contribution is 5.74. The zero-order valence-electron chi connectivity index (χ0n) is 24.0. The van der Waals surface area contributed by atoms with Gasteiger partial charge in [-0.3, -0.25) is 14.5 Å². The van der Waals surface area contributed by atoms with Gasteiger partial charge in [0.15, 0.2) is 0 Å². The number of hydrogen-bond acceptors (Lipinski definition) is 6. The Balaban J connectivity index is 0.000000436. The largest absolute Gasteiger partial charge is 0.481 e. The molecule has 3 aromatic rings. The Labute approximate surface area is 251 Å². The van der Waals surface area contributed by atoms with Crippen LogP contribution in [0.25, 0.3) is 0 Å². The fraction of sp³-hybridized carbons (Fsp3) is 0.333. The molecule has 0 spiro atoms. The molecule has 1 fully saturated rings. The number of rotatable bonds is 13. The van der Waals surface area contributed by atoms with E-state index in [-0.39, 0.29) is 30.6 Å². The summed E-state index contributed by atoms with van der Waals surface area (Å²) in [5.41, 5.74) is 8.04. The number of halogens is 2. The Morgan fingerprint density at radius 3 is 1.93 bits per heavy atom. The van der Waals surface area contributed by atoms with Crippen LogP contribution in [0.1, 0.15) is 35.6 Å². The topological polar surface area (TPSA) is 116 Å². The van der Waals surface area contributed by atoms with E-state index < -0.39 is 18.0 Å². The van der Waals surface area contributed by atoms with Crippen LogP contribution in [0.5, 0.6) is 0 Å². The van der Waals surface area contributed by atoms with Crippen LogP contribution in [0.15, 0.2) is 91.1 Å². The molecule has 1 saturated heterocycles. The maximum atomic E-state index is 13.4. The summed E-state index contributed by atoms with van der Waals surface area (Å²) >= 11 is 0. The second-order valence-corrected chi connectivity index (χ2v) is 10.2. The number of piperazine rings is 1. The molecule has 0 amide bonds. The van der Waals surface area contributed by atoms with Crippen molar-refractivity contribution in [3.05, 3.63) is 119 Å². The minimum absolute atomic E-state index is 0.0231. The molecule has 0 aliphatic carbocycles. The number of benzene rings is 3. The smallest absolute Gasteiger partial charge is 0.320 e. The normalized spacial score (nSPS) is 14.4. The van der Waals surface area contributed by atoms with Crippen molar-refractivity contribution >= 4 is 11.9 Å². The minimum Gasteiger partial charge on any atom is -0.481 e. The van der Waals surface area contributed by atoms with Crippen LogP contribution in [0.3, 0.4) is 0 Å². The molecule has 0 radical (unpaired) electrons. The molecule has 4 N–H and O–H groups in total. The fourth-order valence-corrected chi connectivity index (χ4v) is 4.45. The van der Waals surface area contributed by atoms with Gasteiger partial charge in [-0.1, -0.05) is 60.7 Å². The molecule has 8 nitrogen and oxygen atoms in total. The summed E-state index contributed by atoms with van der Waals surface area (Å²) in [4.78, 5) is 24.6. The van der Waals surface area contributed by atoms with Crippen LogP contribution in [-0.4, -0.2) is 77.3 Å². The lowest BCUT2D eigenvalue weighted by atomic mass is 10.0. The predicted molar refractivity (Wildman–Crippen MR) is 160 cm³/mol. The molecule has 0 unspecified atom stereocenters. The average Bonchev–Trinajstić information content (AvgIpc) is 3.01. The Morgan fingerprint density at radius 1 is 0.860 bits per heavy atom. The summed E-state index contributed by atoms with van der Waals surface area (Å²) in [5.74, 6) is -2.77. The molecule has 1 heterocycles. The van der Waals surface area contributed by atoms with Crippen molar-refractivity contribution in [1.29, 1.82) is 0 Å². The molecule has 1 atom stereocenters. The second kappa shape index (κ2) is 17.7. The Bertz CT molecular complexity index is 1240. The number of ether oxygens (including phenoxy) is 1. The average molecular weight is 596 g/mol. The molecule has 0 aromatic heterocycles. The van der Waals surface area contributed by atoms with Crippen molar-refractivity contribution in [2.24, 2.45) is 5.73 Å². The zero-order chi connectivity index (χ0) is 31.0. The number of carboxylic acids is 2. The number of nitrogens with two attached hydrogens (primary N) is 1. The van der Waals surface area contributed by atoms with Gasteiger partial charge in [0.1, 0.15) is 23.8 Å². The number of allylic oxidation sites excluding steroid dienone is 1. The minimum atomic E-state index is -1.17. The van der Waals surface area contributed by atoms with Gasteiger partial charge in [0.05, 0.1) is 6.61 Å². The third-order valence-electron chi connectivity index (χ3n) is 6.94. The van der Waals surface area contributed by atoms with Crippen molar-refractivity contribution in [2.75, 3.05) is 39.3 Å². The predicted octanol–water partition coefficient (Wildman–Crippen LogP) is 4.71. The number of carboxylic acid groups (broad SMARTS) is 2. The molecule has 3 aromatic carbocycles. The van der Waals surface area contributed by atoms with Gasteiger partial charge in [-0.25, -0.2) is 8.78 Å². The fourth-order valence-electron chi connectivity index (χ4n) is 4.45. The first kappa shape index (κ1) is 33.4. The quantitative estimate of drug-likeness (QED) is 0.260. The Morgan fingerprint density at radius 2 is 1.42 bits per heavy atom. The molecule has 1 aliphatic rings. The van der Waals surface area contributed by atoms with Gasteiger partial charge in [0, 0.05) is 39.1 Å². The van der Waals surface area contributed by atoms with Gasteiger partial charge >= 0.3 is 11.9 Å². The van der Waals surface area contributed by atoms with Crippen LogP contribution in [0.4, 0.5) is 8.78 Å². The molecule has 1 aliphatic heterocycles. The van der Waals surface area contributed by atoms with Crippen LogP contribution >= 0.6 is 0 Å². The molecule has 10 heteroatoms. The van der Waals surface area contributed by atoms with E-state index in [9.17, 15) is 18.4 Å². The maximum Gasteiger partial charge on any atom is 0.320 e. The molecular formula is C33H39F2N3O5. The highest BCUT2D eigenvalue weighted by Gasteiger charge is 2.18. The van der Waals surface area contributed by atoms with Gasteiger partial charge in [-0.15, -0.1) is 0 Å².